The second-order valence-corrected chi connectivity index (χ2v) is 10.4. The lowest BCUT2D eigenvalue weighted by atomic mass is 10.0. The van der Waals surface area contributed by atoms with Crippen LogP contribution in [-0.2, 0) is 4.74 Å². The van der Waals surface area contributed by atoms with Gasteiger partial charge in [-0.1, -0.05) is 18.2 Å². The SMILES string of the molecule is CN(C)CCCC(NC(=O)Nc1cccnc1)c1ccc(C(=O)Nc2ccccc2NC(=O)OC(C)(C)C)nc1. The number of para-hydroxylation sites is 2. The van der Waals surface area contributed by atoms with Gasteiger partial charge in [-0.2, -0.15) is 0 Å². The van der Waals surface area contributed by atoms with Crippen LogP contribution in [0.1, 0.15) is 55.7 Å². The van der Waals surface area contributed by atoms with Gasteiger partial charge in [0.25, 0.3) is 5.91 Å². The van der Waals surface area contributed by atoms with Gasteiger partial charge in [0, 0.05) is 12.4 Å². The molecule has 3 aromatic rings. The lowest BCUT2D eigenvalue weighted by Crippen LogP contribution is -2.33. The molecule has 2 aromatic heterocycles. The first-order valence-electron chi connectivity index (χ1n) is 13.0. The summed E-state index contributed by atoms with van der Waals surface area (Å²) in [4.78, 5) is 48.3. The molecule has 11 heteroatoms. The molecule has 1 atom stereocenters. The molecular formula is C29H37N7O4. The van der Waals surface area contributed by atoms with Crippen LogP contribution in [-0.4, -0.2) is 59.1 Å². The summed E-state index contributed by atoms with van der Waals surface area (Å²) >= 11 is 0. The second kappa shape index (κ2) is 14.0. The zero-order valence-electron chi connectivity index (χ0n) is 23.5. The van der Waals surface area contributed by atoms with Gasteiger partial charge in [-0.3, -0.25) is 20.1 Å². The van der Waals surface area contributed by atoms with Crippen molar-refractivity contribution in [2.45, 2.75) is 45.3 Å². The first-order valence-corrected chi connectivity index (χ1v) is 13.0. The third kappa shape index (κ3) is 9.99. The molecule has 11 nitrogen and oxygen atoms in total. The predicted octanol–water partition coefficient (Wildman–Crippen LogP) is 5.28. The summed E-state index contributed by atoms with van der Waals surface area (Å²) in [6.45, 7) is 6.16. The Kier molecular flexibility index (Phi) is 10.5. The molecule has 0 aliphatic carbocycles. The largest absolute Gasteiger partial charge is 0.444 e. The monoisotopic (exact) mass is 547 g/mol. The number of benzene rings is 1. The molecule has 4 amide bonds. The van der Waals surface area contributed by atoms with Crippen molar-refractivity contribution < 1.29 is 19.1 Å². The molecule has 1 aromatic carbocycles. The van der Waals surface area contributed by atoms with E-state index in [2.05, 4.69) is 36.1 Å². The van der Waals surface area contributed by atoms with Crippen LogP contribution in [0.15, 0.2) is 67.1 Å². The molecule has 212 valence electrons. The number of hydrogen-bond acceptors (Lipinski definition) is 7. The van der Waals surface area contributed by atoms with Crippen molar-refractivity contribution >= 4 is 35.1 Å². The summed E-state index contributed by atoms with van der Waals surface area (Å²) in [5.74, 6) is -0.448. The van der Waals surface area contributed by atoms with Gasteiger partial charge in [0.15, 0.2) is 0 Å². The summed E-state index contributed by atoms with van der Waals surface area (Å²) in [6, 6.07) is 13.0. The summed E-state index contributed by atoms with van der Waals surface area (Å²) in [6.07, 6.45) is 5.68. The van der Waals surface area contributed by atoms with E-state index in [0.717, 1.165) is 18.5 Å². The topological polar surface area (TPSA) is 138 Å². The zero-order valence-corrected chi connectivity index (χ0v) is 23.5. The fourth-order valence-corrected chi connectivity index (χ4v) is 3.74. The fourth-order valence-electron chi connectivity index (χ4n) is 3.74. The molecular weight excluding hydrogens is 510 g/mol. The Morgan fingerprint density at radius 2 is 1.65 bits per heavy atom. The highest BCUT2D eigenvalue weighted by molar-refractivity contribution is 6.05. The molecule has 0 bridgehead atoms. The minimum Gasteiger partial charge on any atom is -0.444 e. The molecule has 0 saturated carbocycles. The Hall–Kier alpha value is -4.51. The number of rotatable bonds is 10. The molecule has 0 saturated heterocycles. The number of carbonyl (C=O) groups is 3. The van der Waals surface area contributed by atoms with Gasteiger partial charge in [0.2, 0.25) is 0 Å². The van der Waals surface area contributed by atoms with Crippen LogP contribution >= 0.6 is 0 Å². The van der Waals surface area contributed by atoms with Crippen LogP contribution in [0.2, 0.25) is 0 Å². The van der Waals surface area contributed by atoms with Gasteiger partial charge < -0.3 is 25.6 Å². The Labute approximate surface area is 234 Å². The van der Waals surface area contributed by atoms with E-state index >= 15 is 0 Å². The lowest BCUT2D eigenvalue weighted by molar-refractivity contribution is 0.0635. The number of anilines is 3. The minimum atomic E-state index is -0.660. The highest BCUT2D eigenvalue weighted by Crippen LogP contribution is 2.23. The first-order chi connectivity index (χ1) is 19.0. The van der Waals surface area contributed by atoms with Crippen molar-refractivity contribution in [2.24, 2.45) is 0 Å². The van der Waals surface area contributed by atoms with Crippen LogP contribution in [0, 0.1) is 0 Å². The Bertz CT molecular complexity index is 1280. The van der Waals surface area contributed by atoms with E-state index in [4.69, 9.17) is 4.74 Å². The summed E-state index contributed by atoms with van der Waals surface area (Å²) in [5.41, 5.74) is 1.67. The number of pyridine rings is 2. The van der Waals surface area contributed by atoms with Crippen molar-refractivity contribution in [3.63, 3.8) is 0 Å². The minimum absolute atomic E-state index is 0.183. The fraction of sp³-hybridized carbons (Fsp3) is 0.345. The van der Waals surface area contributed by atoms with Crippen molar-refractivity contribution in [1.29, 1.82) is 0 Å². The zero-order chi connectivity index (χ0) is 29.1. The van der Waals surface area contributed by atoms with Gasteiger partial charge in [0.1, 0.15) is 11.3 Å². The number of ether oxygens (including phenoxy) is 1. The third-order valence-corrected chi connectivity index (χ3v) is 5.56. The van der Waals surface area contributed by atoms with Crippen LogP contribution in [0.5, 0.6) is 0 Å². The molecule has 40 heavy (non-hydrogen) atoms. The number of aromatic nitrogens is 2. The van der Waals surface area contributed by atoms with Crippen LogP contribution < -0.4 is 21.3 Å². The number of nitrogens with one attached hydrogen (secondary N) is 4. The van der Waals surface area contributed by atoms with E-state index in [1.165, 1.54) is 0 Å². The molecule has 0 radical (unpaired) electrons. The van der Waals surface area contributed by atoms with E-state index in [0.29, 0.717) is 23.5 Å². The van der Waals surface area contributed by atoms with Crippen LogP contribution in [0.3, 0.4) is 0 Å². The molecule has 3 rings (SSSR count). The summed E-state index contributed by atoms with van der Waals surface area (Å²) in [5, 5.41) is 11.2. The number of nitrogens with zero attached hydrogens (tertiary/aromatic N) is 3. The molecule has 0 spiro atoms. The first kappa shape index (κ1) is 30.0. The van der Waals surface area contributed by atoms with E-state index in [9.17, 15) is 14.4 Å². The van der Waals surface area contributed by atoms with Crippen LogP contribution in [0.4, 0.5) is 26.7 Å². The normalized spacial score (nSPS) is 11.8. The van der Waals surface area contributed by atoms with Crippen molar-refractivity contribution in [1.82, 2.24) is 20.2 Å². The average Bonchev–Trinajstić information content (AvgIpc) is 2.88. The van der Waals surface area contributed by atoms with Gasteiger partial charge in [-0.05, 0) is 90.1 Å². The maximum absolute atomic E-state index is 13.0. The van der Waals surface area contributed by atoms with Crippen molar-refractivity contribution in [2.75, 3.05) is 36.6 Å². The molecule has 4 N–H and O–H groups in total. The average molecular weight is 548 g/mol. The number of hydrogen-bond donors (Lipinski definition) is 4. The van der Waals surface area contributed by atoms with Crippen LogP contribution in [0.25, 0.3) is 0 Å². The van der Waals surface area contributed by atoms with E-state index in [1.807, 2.05) is 14.1 Å². The Balaban J connectivity index is 1.69. The van der Waals surface area contributed by atoms with Gasteiger partial charge in [-0.25, -0.2) is 9.59 Å². The molecule has 2 heterocycles. The smallest absolute Gasteiger partial charge is 0.412 e. The van der Waals surface area contributed by atoms with E-state index in [-0.39, 0.29) is 17.8 Å². The Morgan fingerprint density at radius 3 is 2.25 bits per heavy atom. The summed E-state index contributed by atoms with van der Waals surface area (Å²) < 4.78 is 5.31. The van der Waals surface area contributed by atoms with Gasteiger partial charge >= 0.3 is 12.1 Å². The van der Waals surface area contributed by atoms with Gasteiger partial charge in [0.05, 0.1) is 29.3 Å². The number of urea groups is 1. The highest BCUT2D eigenvalue weighted by Gasteiger charge is 2.19. The molecule has 0 aliphatic rings. The Morgan fingerprint density at radius 1 is 0.925 bits per heavy atom. The standard InChI is InChI=1S/C29H37N7O4/c1-29(2,3)40-28(39)35-24-12-7-6-11-23(24)33-26(37)25-15-14-20(18-31-25)22(13-9-17-36(4)5)34-27(38)32-21-10-8-16-30-19-21/h6-8,10-12,14-16,18-19,22H,9,13,17H2,1-5H3,(H,33,37)(H,35,39)(H2,32,34,38). The second-order valence-electron chi connectivity index (χ2n) is 10.4. The van der Waals surface area contributed by atoms with E-state index in [1.54, 1.807) is 87.9 Å². The molecule has 1 unspecified atom stereocenters. The van der Waals surface area contributed by atoms with Crippen molar-refractivity contribution in [3.05, 3.63) is 78.4 Å². The van der Waals surface area contributed by atoms with E-state index < -0.39 is 17.6 Å². The maximum Gasteiger partial charge on any atom is 0.412 e. The number of amides is 4. The molecule has 0 aliphatic heterocycles. The van der Waals surface area contributed by atoms with Crippen molar-refractivity contribution in [3.8, 4) is 0 Å². The summed E-state index contributed by atoms with van der Waals surface area (Å²) in [7, 11) is 3.99. The quantitative estimate of drug-likeness (QED) is 0.271. The third-order valence-electron chi connectivity index (χ3n) is 5.56. The maximum atomic E-state index is 13.0. The number of carbonyl (C=O) groups excluding carboxylic acids is 3. The highest BCUT2D eigenvalue weighted by atomic mass is 16.6. The predicted molar refractivity (Wildman–Crippen MR) is 155 cm³/mol. The van der Waals surface area contributed by atoms with Gasteiger partial charge in [-0.15, -0.1) is 0 Å². The molecule has 0 fully saturated rings. The lowest BCUT2D eigenvalue weighted by Gasteiger charge is -2.21.